The fourth-order valence-corrected chi connectivity index (χ4v) is 4.38. The van der Waals surface area contributed by atoms with Crippen LogP contribution in [0, 0.1) is 13.8 Å². The molecule has 3 rings (SSSR count). The van der Waals surface area contributed by atoms with E-state index in [9.17, 15) is 9.90 Å². The molecule has 0 radical (unpaired) electrons. The third-order valence-electron chi connectivity index (χ3n) is 6.29. The molecule has 0 spiro atoms. The van der Waals surface area contributed by atoms with Crippen molar-refractivity contribution in [3.05, 3.63) is 17.1 Å². The van der Waals surface area contributed by atoms with Gasteiger partial charge in [0.1, 0.15) is 5.82 Å². The normalized spacial score (nSPS) is 21.9. The number of likely N-dealkylation sites (N-methyl/N-ethyl adjacent to an activating group) is 1. The average molecular weight is 376 g/mol. The van der Waals surface area contributed by atoms with E-state index >= 15 is 0 Å². The van der Waals surface area contributed by atoms with Gasteiger partial charge in [0.2, 0.25) is 5.82 Å². The number of aryl methyl sites for hydroxylation is 1. The molecule has 1 amide bonds. The lowest BCUT2D eigenvalue weighted by Gasteiger charge is -2.29. The van der Waals surface area contributed by atoms with Crippen molar-refractivity contribution in [2.24, 2.45) is 0 Å². The standard InChI is InChI=1S/C20H33N5O2/c1-14-15(2)21-17(19(27)23-20(10-12-26)8-5-6-9-20)22-18(14)25-11-7-16(13-25)24(3)4/h16,26H,5-13H2,1-4H3,(H,23,27)/t16-/m1/s1. The molecule has 0 unspecified atom stereocenters. The number of nitrogens with one attached hydrogen (secondary N) is 1. The van der Waals surface area contributed by atoms with Gasteiger partial charge in [-0.2, -0.15) is 0 Å². The highest BCUT2D eigenvalue weighted by Crippen LogP contribution is 2.33. The first kappa shape index (κ1) is 20.0. The van der Waals surface area contributed by atoms with Gasteiger partial charge < -0.3 is 20.2 Å². The summed E-state index contributed by atoms with van der Waals surface area (Å²) < 4.78 is 0. The van der Waals surface area contributed by atoms with Gasteiger partial charge in [0, 0.05) is 42.5 Å². The van der Waals surface area contributed by atoms with Crippen LogP contribution in [0.5, 0.6) is 0 Å². The van der Waals surface area contributed by atoms with E-state index in [0.29, 0.717) is 12.5 Å². The zero-order valence-electron chi connectivity index (χ0n) is 17.1. The maximum atomic E-state index is 12.9. The van der Waals surface area contributed by atoms with Crippen LogP contribution >= 0.6 is 0 Å². The van der Waals surface area contributed by atoms with E-state index in [2.05, 4.69) is 39.2 Å². The molecule has 1 saturated heterocycles. The van der Waals surface area contributed by atoms with E-state index in [1.165, 1.54) is 0 Å². The molecule has 2 heterocycles. The van der Waals surface area contributed by atoms with Crippen LogP contribution in [0.2, 0.25) is 0 Å². The zero-order chi connectivity index (χ0) is 19.6. The Morgan fingerprint density at radius 2 is 2.00 bits per heavy atom. The number of amides is 1. The summed E-state index contributed by atoms with van der Waals surface area (Å²) in [5.41, 5.74) is 1.58. The molecule has 1 aliphatic heterocycles. The first-order valence-corrected chi connectivity index (χ1v) is 10.1. The number of nitrogens with zero attached hydrogens (tertiary/aromatic N) is 4. The molecule has 1 aromatic heterocycles. The molecule has 2 fully saturated rings. The van der Waals surface area contributed by atoms with Gasteiger partial charge in [-0.15, -0.1) is 0 Å². The second-order valence-corrected chi connectivity index (χ2v) is 8.35. The first-order valence-electron chi connectivity index (χ1n) is 10.1. The monoisotopic (exact) mass is 375 g/mol. The summed E-state index contributed by atoms with van der Waals surface area (Å²) >= 11 is 0. The van der Waals surface area contributed by atoms with Crippen LogP contribution in [0.25, 0.3) is 0 Å². The van der Waals surface area contributed by atoms with Crippen LogP contribution in [0.15, 0.2) is 0 Å². The number of carbonyl (C=O) groups excluding carboxylic acids is 1. The van der Waals surface area contributed by atoms with E-state index in [1.54, 1.807) is 0 Å². The van der Waals surface area contributed by atoms with Gasteiger partial charge in [-0.25, -0.2) is 9.97 Å². The van der Waals surface area contributed by atoms with Crippen molar-refractivity contribution in [2.45, 2.75) is 64.0 Å². The molecule has 1 aliphatic carbocycles. The summed E-state index contributed by atoms with van der Waals surface area (Å²) in [4.78, 5) is 26.6. The quantitative estimate of drug-likeness (QED) is 0.787. The van der Waals surface area contributed by atoms with Gasteiger partial charge in [-0.3, -0.25) is 4.79 Å². The number of hydrogen-bond donors (Lipinski definition) is 2. The van der Waals surface area contributed by atoms with Crippen molar-refractivity contribution in [1.82, 2.24) is 20.2 Å². The summed E-state index contributed by atoms with van der Waals surface area (Å²) in [6, 6.07) is 0.503. The lowest BCUT2D eigenvalue weighted by molar-refractivity contribution is 0.0870. The number of aliphatic hydroxyl groups is 1. The highest BCUT2D eigenvalue weighted by atomic mass is 16.3. The minimum absolute atomic E-state index is 0.0824. The van der Waals surface area contributed by atoms with Crippen molar-refractivity contribution >= 4 is 11.7 Å². The number of hydrogen-bond acceptors (Lipinski definition) is 6. The van der Waals surface area contributed by atoms with Gasteiger partial charge in [0.05, 0.1) is 0 Å². The lowest BCUT2D eigenvalue weighted by Crippen LogP contribution is -2.47. The molecule has 0 aromatic carbocycles. The smallest absolute Gasteiger partial charge is 0.289 e. The Bertz CT molecular complexity index is 685. The summed E-state index contributed by atoms with van der Waals surface area (Å²) in [5, 5.41) is 12.6. The van der Waals surface area contributed by atoms with Crippen LogP contribution in [0.1, 0.15) is 60.4 Å². The summed E-state index contributed by atoms with van der Waals surface area (Å²) in [5.74, 6) is 0.892. The van der Waals surface area contributed by atoms with Gasteiger partial charge in [-0.05, 0) is 53.6 Å². The van der Waals surface area contributed by atoms with Crippen LogP contribution in [0.4, 0.5) is 5.82 Å². The highest BCUT2D eigenvalue weighted by molar-refractivity contribution is 5.91. The molecule has 7 heteroatoms. The molecule has 2 aliphatic rings. The molecule has 0 bridgehead atoms. The fraction of sp³-hybridized carbons (Fsp3) is 0.750. The SMILES string of the molecule is Cc1nc(C(=O)NC2(CCO)CCCC2)nc(N2CC[C@@H](N(C)C)C2)c1C. The number of anilines is 1. The van der Waals surface area contributed by atoms with Crippen LogP contribution in [-0.4, -0.2) is 71.3 Å². The molecular weight excluding hydrogens is 342 g/mol. The van der Waals surface area contributed by atoms with Gasteiger partial charge >= 0.3 is 0 Å². The van der Waals surface area contributed by atoms with Crippen LogP contribution in [0.3, 0.4) is 0 Å². The maximum absolute atomic E-state index is 12.9. The van der Waals surface area contributed by atoms with E-state index in [-0.39, 0.29) is 23.9 Å². The molecule has 1 aromatic rings. The fourth-order valence-electron chi connectivity index (χ4n) is 4.38. The van der Waals surface area contributed by atoms with Gasteiger partial charge in [0.15, 0.2) is 0 Å². The zero-order valence-corrected chi connectivity index (χ0v) is 17.1. The van der Waals surface area contributed by atoms with E-state index < -0.39 is 0 Å². The lowest BCUT2D eigenvalue weighted by atomic mass is 9.93. The summed E-state index contributed by atoms with van der Waals surface area (Å²) in [7, 11) is 4.21. The minimum Gasteiger partial charge on any atom is -0.396 e. The van der Waals surface area contributed by atoms with E-state index in [1.807, 2.05) is 13.8 Å². The average Bonchev–Trinajstić information content (AvgIpc) is 3.27. The predicted octanol–water partition coefficient (Wildman–Crippen LogP) is 1.66. The van der Waals surface area contributed by atoms with Crippen molar-refractivity contribution in [3.8, 4) is 0 Å². The summed E-state index contributed by atoms with van der Waals surface area (Å²) in [6.07, 6.45) is 5.67. The number of aromatic nitrogens is 2. The molecule has 27 heavy (non-hydrogen) atoms. The Kier molecular flexibility index (Phi) is 6.01. The minimum atomic E-state index is -0.308. The molecule has 1 atom stereocenters. The molecule has 2 N–H and O–H groups in total. The third kappa shape index (κ3) is 4.24. The summed E-state index contributed by atoms with van der Waals surface area (Å²) in [6.45, 7) is 5.91. The predicted molar refractivity (Wildman–Crippen MR) is 106 cm³/mol. The van der Waals surface area contributed by atoms with Gasteiger partial charge in [0.25, 0.3) is 5.91 Å². The maximum Gasteiger partial charge on any atom is 0.289 e. The molecule has 150 valence electrons. The number of aliphatic hydroxyl groups excluding tert-OH is 1. The first-order chi connectivity index (χ1) is 12.8. The molecule has 1 saturated carbocycles. The van der Waals surface area contributed by atoms with Crippen LogP contribution in [-0.2, 0) is 0 Å². The number of rotatable bonds is 6. The highest BCUT2D eigenvalue weighted by Gasteiger charge is 2.36. The van der Waals surface area contributed by atoms with Crippen molar-refractivity contribution in [2.75, 3.05) is 38.7 Å². The topological polar surface area (TPSA) is 81.6 Å². The second kappa shape index (κ2) is 8.10. The third-order valence-corrected chi connectivity index (χ3v) is 6.29. The Balaban J connectivity index is 1.82. The Hall–Kier alpha value is -1.73. The second-order valence-electron chi connectivity index (χ2n) is 8.35. The van der Waals surface area contributed by atoms with Crippen molar-refractivity contribution < 1.29 is 9.90 Å². The number of carbonyl (C=O) groups is 1. The Morgan fingerprint density at radius 3 is 2.59 bits per heavy atom. The van der Waals surface area contributed by atoms with Crippen LogP contribution < -0.4 is 10.2 Å². The largest absolute Gasteiger partial charge is 0.396 e. The van der Waals surface area contributed by atoms with Gasteiger partial charge in [-0.1, -0.05) is 12.8 Å². The Labute approximate surface area is 162 Å². The van der Waals surface area contributed by atoms with E-state index in [0.717, 1.165) is 62.3 Å². The van der Waals surface area contributed by atoms with E-state index in [4.69, 9.17) is 0 Å². The van der Waals surface area contributed by atoms with Crippen molar-refractivity contribution in [1.29, 1.82) is 0 Å². The van der Waals surface area contributed by atoms with Crippen molar-refractivity contribution in [3.63, 3.8) is 0 Å². The Morgan fingerprint density at radius 1 is 1.30 bits per heavy atom. The molecular formula is C20H33N5O2. The molecule has 7 nitrogen and oxygen atoms in total.